The van der Waals surface area contributed by atoms with E-state index >= 15 is 0 Å². The molecular formula is C21H22Cl3F2N3O3S. The van der Waals surface area contributed by atoms with Gasteiger partial charge < -0.3 is 25.3 Å². The van der Waals surface area contributed by atoms with Crippen LogP contribution in [0.25, 0.3) is 5.70 Å². The summed E-state index contributed by atoms with van der Waals surface area (Å²) in [5.41, 5.74) is 5.26. The van der Waals surface area contributed by atoms with E-state index in [1.165, 1.54) is 18.0 Å². The third-order valence-electron chi connectivity index (χ3n) is 4.81. The van der Waals surface area contributed by atoms with Gasteiger partial charge in [0.05, 0.1) is 41.1 Å². The number of hydrazine groups is 1. The Bertz CT molecular complexity index is 1010. The van der Waals surface area contributed by atoms with Gasteiger partial charge in [-0.25, -0.2) is 14.6 Å². The van der Waals surface area contributed by atoms with E-state index in [9.17, 15) is 13.9 Å². The molecular weight excluding hydrogens is 519 g/mol. The van der Waals surface area contributed by atoms with Crippen LogP contribution in [-0.2, 0) is 9.47 Å². The third kappa shape index (κ3) is 6.64. The lowest BCUT2D eigenvalue weighted by atomic mass is 10.1. The van der Waals surface area contributed by atoms with E-state index < -0.39 is 34.2 Å². The smallest absolute Gasteiger partial charge is 0.145 e. The highest BCUT2D eigenvalue weighted by Crippen LogP contribution is 2.34. The minimum Gasteiger partial charge on any atom is -0.397 e. The number of thioether (sulfide) groups is 1. The quantitative estimate of drug-likeness (QED) is 0.289. The lowest BCUT2D eigenvalue weighted by Gasteiger charge is -2.37. The van der Waals surface area contributed by atoms with E-state index in [0.717, 1.165) is 22.0 Å². The van der Waals surface area contributed by atoms with Crippen LogP contribution in [-0.4, -0.2) is 47.0 Å². The van der Waals surface area contributed by atoms with Crippen molar-refractivity contribution in [3.8, 4) is 0 Å². The largest absolute Gasteiger partial charge is 0.397 e. The number of nitrogens with two attached hydrogens (primary N) is 2. The van der Waals surface area contributed by atoms with Gasteiger partial charge in [0.25, 0.3) is 0 Å². The van der Waals surface area contributed by atoms with Gasteiger partial charge in [0.2, 0.25) is 0 Å². The summed E-state index contributed by atoms with van der Waals surface area (Å²) in [7, 11) is 0. The van der Waals surface area contributed by atoms with Crippen LogP contribution in [0.3, 0.4) is 0 Å². The predicted octanol–water partition coefficient (Wildman–Crippen LogP) is 4.64. The summed E-state index contributed by atoms with van der Waals surface area (Å²) in [6.07, 6.45) is -0.182. The molecule has 1 heterocycles. The van der Waals surface area contributed by atoms with E-state index in [4.69, 9.17) is 55.9 Å². The van der Waals surface area contributed by atoms with Gasteiger partial charge >= 0.3 is 0 Å². The van der Waals surface area contributed by atoms with Gasteiger partial charge in [-0.2, -0.15) is 0 Å². The van der Waals surface area contributed by atoms with Crippen molar-refractivity contribution in [1.29, 1.82) is 0 Å². The maximum atomic E-state index is 13.8. The Morgan fingerprint density at radius 3 is 2.45 bits per heavy atom. The molecule has 4 atom stereocenters. The first-order valence-electron chi connectivity index (χ1n) is 9.75. The summed E-state index contributed by atoms with van der Waals surface area (Å²) in [5.74, 6) is 4.24. The number of aliphatic hydroxyl groups excluding tert-OH is 1. The molecule has 5 N–H and O–H groups in total. The molecule has 3 rings (SSSR count). The zero-order valence-corrected chi connectivity index (χ0v) is 20.4. The van der Waals surface area contributed by atoms with Crippen molar-refractivity contribution in [3.63, 3.8) is 0 Å². The fourth-order valence-corrected chi connectivity index (χ4v) is 4.72. The van der Waals surface area contributed by atoms with E-state index in [-0.39, 0.29) is 30.6 Å². The molecule has 1 fully saturated rings. The number of ether oxygens (including phenoxy) is 2. The van der Waals surface area contributed by atoms with Gasteiger partial charge in [0.1, 0.15) is 28.2 Å². The SMILES string of the molecule is CC1COC[C@@H](N(N)/C=C(\N)c2cc(F)c(Cl)c(F)c2)C(O)C(Sc2ccc(Cl)c(Cl)c2)O1. The molecule has 6 nitrogen and oxygen atoms in total. The Morgan fingerprint density at radius 1 is 1.15 bits per heavy atom. The molecule has 0 bridgehead atoms. The van der Waals surface area contributed by atoms with Gasteiger partial charge in [0, 0.05) is 16.7 Å². The number of benzene rings is 2. The molecule has 1 aliphatic heterocycles. The van der Waals surface area contributed by atoms with Crippen LogP contribution >= 0.6 is 46.6 Å². The van der Waals surface area contributed by atoms with Crippen molar-refractivity contribution in [2.45, 2.75) is 35.5 Å². The average Bonchev–Trinajstić information content (AvgIpc) is 2.75. The Morgan fingerprint density at radius 2 is 1.82 bits per heavy atom. The molecule has 12 heteroatoms. The molecule has 1 aliphatic rings. The third-order valence-corrected chi connectivity index (χ3v) is 7.06. The molecule has 2 aromatic rings. The summed E-state index contributed by atoms with van der Waals surface area (Å²) >= 11 is 18.8. The van der Waals surface area contributed by atoms with Crippen LogP contribution < -0.4 is 11.6 Å². The maximum Gasteiger partial charge on any atom is 0.145 e. The normalized spacial score (nSPS) is 24.3. The maximum absolute atomic E-state index is 13.8. The van der Waals surface area contributed by atoms with E-state index in [2.05, 4.69) is 0 Å². The summed E-state index contributed by atoms with van der Waals surface area (Å²) in [6, 6.07) is 6.26. The van der Waals surface area contributed by atoms with Crippen molar-refractivity contribution >= 4 is 52.3 Å². The van der Waals surface area contributed by atoms with Crippen LogP contribution in [0.15, 0.2) is 41.4 Å². The molecule has 0 saturated carbocycles. The van der Waals surface area contributed by atoms with Crippen molar-refractivity contribution < 1.29 is 23.4 Å². The minimum absolute atomic E-state index is 0.0378. The van der Waals surface area contributed by atoms with Gasteiger partial charge in [-0.05, 0) is 37.3 Å². The topological polar surface area (TPSA) is 94.0 Å². The van der Waals surface area contributed by atoms with Crippen LogP contribution in [0.1, 0.15) is 12.5 Å². The molecule has 0 aromatic heterocycles. The number of hydrogen-bond acceptors (Lipinski definition) is 7. The van der Waals surface area contributed by atoms with E-state index in [1.807, 2.05) is 6.92 Å². The second-order valence-corrected chi connectivity index (χ2v) is 9.75. The minimum atomic E-state index is -1.14. The second kappa shape index (κ2) is 11.4. The molecule has 1 saturated heterocycles. The van der Waals surface area contributed by atoms with Crippen molar-refractivity contribution in [1.82, 2.24) is 5.01 Å². The van der Waals surface area contributed by atoms with Gasteiger partial charge in [-0.1, -0.05) is 46.6 Å². The highest BCUT2D eigenvalue weighted by Gasteiger charge is 2.35. The molecule has 0 radical (unpaired) electrons. The predicted molar refractivity (Wildman–Crippen MR) is 127 cm³/mol. The van der Waals surface area contributed by atoms with Crippen LogP contribution in [0.4, 0.5) is 8.78 Å². The first-order chi connectivity index (χ1) is 15.6. The Balaban J connectivity index is 1.83. The standard InChI is InChI=1S/C21H22Cl3F2N3O3S/c1-10-8-31-9-18(20(30)21(32-10)33-12-2-3-13(22)14(23)6-12)29(28)7-17(27)11-4-15(25)19(24)16(26)5-11/h2-7,10,18,20-21,30H,8-9,27-28H2,1H3/b17-7-/t10?,18-,20?,21?/m1/s1. The summed E-state index contributed by atoms with van der Waals surface area (Å²) in [5, 5.41) is 12.4. The lowest BCUT2D eigenvalue weighted by Crippen LogP contribution is -2.54. The first kappa shape index (κ1) is 26.3. The molecule has 33 heavy (non-hydrogen) atoms. The highest BCUT2D eigenvalue weighted by molar-refractivity contribution is 7.99. The average molecular weight is 541 g/mol. The van der Waals surface area contributed by atoms with E-state index in [0.29, 0.717) is 10.0 Å². The first-order valence-corrected chi connectivity index (χ1v) is 11.8. The summed E-state index contributed by atoms with van der Waals surface area (Å²) in [4.78, 5) is 0.728. The fraction of sp³-hybridized carbons (Fsp3) is 0.333. The molecule has 2 aromatic carbocycles. The Hall–Kier alpha value is -1.30. The zero-order valence-electron chi connectivity index (χ0n) is 17.4. The molecule has 0 amide bonds. The monoisotopic (exact) mass is 539 g/mol. The molecule has 0 aliphatic carbocycles. The Kier molecular flexibility index (Phi) is 9.10. The number of rotatable bonds is 5. The lowest BCUT2D eigenvalue weighted by molar-refractivity contribution is -0.117. The summed E-state index contributed by atoms with van der Waals surface area (Å²) in [6.45, 7) is 2.14. The van der Waals surface area contributed by atoms with Gasteiger partial charge in [-0.3, -0.25) is 0 Å². The summed E-state index contributed by atoms with van der Waals surface area (Å²) < 4.78 is 39.2. The molecule has 3 unspecified atom stereocenters. The molecule has 180 valence electrons. The number of hydrogen-bond donors (Lipinski definition) is 3. The zero-order chi connectivity index (χ0) is 24.3. The van der Waals surface area contributed by atoms with Crippen molar-refractivity contribution in [2.75, 3.05) is 13.2 Å². The van der Waals surface area contributed by atoms with Crippen LogP contribution in [0.5, 0.6) is 0 Å². The number of aliphatic hydroxyl groups is 1. The number of halogens is 5. The molecule has 0 spiro atoms. The second-order valence-electron chi connectivity index (χ2n) is 7.39. The van der Waals surface area contributed by atoms with Crippen LogP contribution in [0, 0.1) is 11.6 Å². The number of nitrogens with zero attached hydrogens (tertiary/aromatic N) is 1. The van der Waals surface area contributed by atoms with Crippen molar-refractivity contribution in [3.05, 3.63) is 68.8 Å². The van der Waals surface area contributed by atoms with Gasteiger partial charge in [-0.15, -0.1) is 0 Å². The van der Waals surface area contributed by atoms with Crippen LogP contribution in [0.2, 0.25) is 15.1 Å². The highest BCUT2D eigenvalue weighted by atomic mass is 35.5. The fourth-order valence-electron chi connectivity index (χ4n) is 3.08. The Labute approximate surface area is 209 Å². The van der Waals surface area contributed by atoms with E-state index in [1.54, 1.807) is 18.2 Å². The van der Waals surface area contributed by atoms with Gasteiger partial charge in [0.15, 0.2) is 0 Å². The van der Waals surface area contributed by atoms with Crippen molar-refractivity contribution in [2.24, 2.45) is 11.6 Å².